The van der Waals surface area contributed by atoms with Gasteiger partial charge in [0.05, 0.1) is 18.8 Å². The summed E-state index contributed by atoms with van der Waals surface area (Å²) in [7, 11) is 2.26. The van der Waals surface area contributed by atoms with Crippen molar-refractivity contribution in [3.63, 3.8) is 0 Å². The fourth-order valence-electron chi connectivity index (χ4n) is 4.05. The molecule has 0 bridgehead atoms. The number of rotatable bonds is 8. The van der Waals surface area contributed by atoms with Gasteiger partial charge in [0.1, 0.15) is 0 Å². The molecule has 2 aliphatic rings. The van der Waals surface area contributed by atoms with Gasteiger partial charge in [-0.1, -0.05) is 27.7 Å². The Kier molecular flexibility index (Phi) is 7.33. The van der Waals surface area contributed by atoms with Crippen molar-refractivity contribution in [2.45, 2.75) is 59.2 Å². The molecule has 0 aromatic rings. The van der Waals surface area contributed by atoms with E-state index in [4.69, 9.17) is 4.74 Å². The van der Waals surface area contributed by atoms with Crippen LogP contribution in [0.25, 0.3) is 0 Å². The summed E-state index contributed by atoms with van der Waals surface area (Å²) in [4.78, 5) is 7.79. The Balaban J connectivity index is 1.72. The van der Waals surface area contributed by atoms with Gasteiger partial charge in [-0.05, 0) is 32.2 Å². The molecular weight excluding hydrogens is 286 g/mol. The Morgan fingerprint density at radius 2 is 1.65 bits per heavy atom. The lowest BCUT2D eigenvalue weighted by Gasteiger charge is -2.46. The standard InChI is InChI=1S/C19H39N3O/c1-15(2)12-20(6)18-14-23-19(18)11-17(5)22-9-7-21(8-10-22)13-16(3)4/h15-19H,7-14H2,1-6H3. The smallest absolute Gasteiger partial charge is 0.0768 e. The monoisotopic (exact) mass is 325 g/mol. The van der Waals surface area contributed by atoms with Crippen LogP contribution in [0, 0.1) is 11.8 Å². The predicted molar refractivity (Wildman–Crippen MR) is 97.9 cm³/mol. The van der Waals surface area contributed by atoms with Gasteiger partial charge in [-0.25, -0.2) is 0 Å². The number of piperazine rings is 1. The molecule has 2 fully saturated rings. The molecule has 2 aliphatic heterocycles. The van der Waals surface area contributed by atoms with E-state index in [1.807, 2.05) is 0 Å². The van der Waals surface area contributed by atoms with Crippen molar-refractivity contribution < 1.29 is 4.74 Å². The minimum Gasteiger partial charge on any atom is -0.375 e. The van der Waals surface area contributed by atoms with Crippen molar-refractivity contribution in [1.82, 2.24) is 14.7 Å². The largest absolute Gasteiger partial charge is 0.375 e. The maximum absolute atomic E-state index is 5.90. The molecule has 3 atom stereocenters. The fraction of sp³-hybridized carbons (Fsp3) is 1.00. The van der Waals surface area contributed by atoms with Crippen molar-refractivity contribution in [3.8, 4) is 0 Å². The molecule has 4 nitrogen and oxygen atoms in total. The average molecular weight is 326 g/mol. The molecule has 0 radical (unpaired) electrons. The van der Waals surface area contributed by atoms with Crippen LogP contribution in [-0.4, -0.2) is 85.8 Å². The normalized spacial score (nSPS) is 28.6. The van der Waals surface area contributed by atoms with E-state index in [1.165, 1.54) is 45.7 Å². The third-order valence-corrected chi connectivity index (χ3v) is 5.36. The van der Waals surface area contributed by atoms with Crippen molar-refractivity contribution in [2.24, 2.45) is 11.8 Å². The molecule has 2 saturated heterocycles. The maximum Gasteiger partial charge on any atom is 0.0768 e. The first-order valence-electron chi connectivity index (χ1n) is 9.65. The molecular formula is C19H39N3O. The molecule has 0 saturated carbocycles. The van der Waals surface area contributed by atoms with Crippen molar-refractivity contribution in [1.29, 1.82) is 0 Å². The summed E-state index contributed by atoms with van der Waals surface area (Å²) in [5.74, 6) is 1.51. The Bertz CT molecular complexity index is 340. The molecule has 0 amide bonds. The predicted octanol–water partition coefficient (Wildman–Crippen LogP) is 2.39. The van der Waals surface area contributed by atoms with Crippen LogP contribution in [-0.2, 0) is 4.74 Å². The molecule has 2 heterocycles. The number of hydrogen-bond donors (Lipinski definition) is 0. The molecule has 136 valence electrons. The van der Waals surface area contributed by atoms with Crippen molar-refractivity contribution >= 4 is 0 Å². The van der Waals surface area contributed by atoms with Gasteiger partial charge >= 0.3 is 0 Å². The lowest BCUT2D eigenvalue weighted by atomic mass is 9.96. The lowest BCUT2D eigenvalue weighted by molar-refractivity contribution is -0.140. The first-order valence-corrected chi connectivity index (χ1v) is 9.65. The Hall–Kier alpha value is -0.160. The first kappa shape index (κ1) is 19.2. The highest BCUT2D eigenvalue weighted by Crippen LogP contribution is 2.25. The minimum absolute atomic E-state index is 0.433. The SMILES string of the molecule is CC(C)CN1CCN(C(C)CC2OCC2N(C)CC(C)C)CC1. The summed E-state index contributed by atoms with van der Waals surface area (Å²) < 4.78 is 5.90. The second-order valence-electron chi connectivity index (χ2n) is 8.59. The highest BCUT2D eigenvalue weighted by molar-refractivity contribution is 4.90. The molecule has 0 aliphatic carbocycles. The van der Waals surface area contributed by atoms with E-state index in [0.717, 1.165) is 18.4 Å². The van der Waals surface area contributed by atoms with E-state index in [0.29, 0.717) is 18.2 Å². The number of ether oxygens (including phenoxy) is 1. The first-order chi connectivity index (χ1) is 10.9. The Labute approximate surface area is 144 Å². The quantitative estimate of drug-likeness (QED) is 0.682. The zero-order valence-electron chi connectivity index (χ0n) is 16.3. The van der Waals surface area contributed by atoms with Crippen LogP contribution in [0.2, 0.25) is 0 Å². The number of nitrogens with zero attached hydrogens (tertiary/aromatic N) is 3. The molecule has 0 aromatic carbocycles. The van der Waals surface area contributed by atoms with E-state index in [2.05, 4.69) is 56.4 Å². The van der Waals surface area contributed by atoms with E-state index in [-0.39, 0.29) is 0 Å². The van der Waals surface area contributed by atoms with Gasteiger partial charge in [0.25, 0.3) is 0 Å². The molecule has 0 spiro atoms. The molecule has 0 N–H and O–H groups in total. The fourth-order valence-corrected chi connectivity index (χ4v) is 4.05. The van der Waals surface area contributed by atoms with Gasteiger partial charge in [-0.2, -0.15) is 0 Å². The van der Waals surface area contributed by atoms with Crippen LogP contribution >= 0.6 is 0 Å². The number of likely N-dealkylation sites (N-methyl/N-ethyl adjacent to an activating group) is 1. The molecule has 4 heteroatoms. The zero-order valence-corrected chi connectivity index (χ0v) is 16.3. The Morgan fingerprint density at radius 1 is 1.00 bits per heavy atom. The van der Waals surface area contributed by atoms with Crippen molar-refractivity contribution in [2.75, 3.05) is 52.9 Å². The van der Waals surface area contributed by atoms with Crippen LogP contribution < -0.4 is 0 Å². The van der Waals surface area contributed by atoms with Gasteiger partial charge in [0.15, 0.2) is 0 Å². The maximum atomic E-state index is 5.90. The van der Waals surface area contributed by atoms with E-state index >= 15 is 0 Å². The summed E-state index contributed by atoms with van der Waals surface area (Å²) in [5.41, 5.74) is 0. The second-order valence-corrected chi connectivity index (χ2v) is 8.59. The van der Waals surface area contributed by atoms with Crippen LogP contribution in [0.1, 0.15) is 41.0 Å². The highest BCUT2D eigenvalue weighted by Gasteiger charge is 2.37. The van der Waals surface area contributed by atoms with Crippen LogP contribution in [0.5, 0.6) is 0 Å². The van der Waals surface area contributed by atoms with Crippen molar-refractivity contribution in [3.05, 3.63) is 0 Å². The zero-order chi connectivity index (χ0) is 17.0. The van der Waals surface area contributed by atoms with Gasteiger partial charge in [0.2, 0.25) is 0 Å². The molecule has 0 aromatic heterocycles. The molecule has 2 rings (SSSR count). The van der Waals surface area contributed by atoms with E-state index in [9.17, 15) is 0 Å². The van der Waals surface area contributed by atoms with Gasteiger partial charge in [-0.15, -0.1) is 0 Å². The van der Waals surface area contributed by atoms with Crippen LogP contribution in [0.3, 0.4) is 0 Å². The third-order valence-electron chi connectivity index (χ3n) is 5.36. The topological polar surface area (TPSA) is 19.0 Å². The lowest BCUT2D eigenvalue weighted by Crippen LogP contribution is -2.58. The summed E-state index contributed by atoms with van der Waals surface area (Å²) in [6, 6.07) is 1.26. The van der Waals surface area contributed by atoms with Gasteiger partial charge in [-0.3, -0.25) is 9.80 Å². The summed E-state index contributed by atoms with van der Waals surface area (Å²) in [5, 5.41) is 0. The molecule has 3 unspecified atom stereocenters. The second kappa shape index (κ2) is 8.80. The van der Waals surface area contributed by atoms with E-state index in [1.54, 1.807) is 0 Å². The van der Waals surface area contributed by atoms with Crippen LogP contribution in [0.15, 0.2) is 0 Å². The Morgan fingerprint density at radius 3 is 2.13 bits per heavy atom. The number of hydrogen-bond acceptors (Lipinski definition) is 4. The van der Waals surface area contributed by atoms with Gasteiger partial charge < -0.3 is 9.64 Å². The molecule has 23 heavy (non-hydrogen) atoms. The third kappa shape index (κ3) is 5.70. The van der Waals surface area contributed by atoms with Gasteiger partial charge in [0, 0.05) is 45.3 Å². The highest BCUT2D eigenvalue weighted by atomic mass is 16.5. The minimum atomic E-state index is 0.433. The summed E-state index contributed by atoms with van der Waals surface area (Å²) in [6.45, 7) is 19.8. The summed E-state index contributed by atoms with van der Waals surface area (Å²) >= 11 is 0. The van der Waals surface area contributed by atoms with E-state index < -0.39 is 0 Å². The van der Waals surface area contributed by atoms with Crippen LogP contribution in [0.4, 0.5) is 0 Å². The summed E-state index contributed by atoms with van der Waals surface area (Å²) in [6.07, 6.45) is 1.61. The average Bonchev–Trinajstić information content (AvgIpc) is 2.42.